The molecule has 20 heavy (non-hydrogen) atoms. The van der Waals surface area contributed by atoms with E-state index in [9.17, 15) is 13.2 Å². The fraction of sp³-hybridized carbons (Fsp3) is 0.417. The topological polar surface area (TPSA) is 55.6 Å². The monoisotopic (exact) mass is 285 g/mol. The first-order valence-electron chi connectivity index (χ1n) is 6.05. The Bertz CT molecular complexity index is 618. The Morgan fingerprint density at radius 3 is 2.40 bits per heavy atom. The predicted molar refractivity (Wildman–Crippen MR) is 67.8 cm³/mol. The lowest BCUT2D eigenvalue weighted by atomic mass is 10.4. The minimum atomic E-state index is -4.60. The van der Waals surface area contributed by atoms with Crippen LogP contribution in [-0.4, -0.2) is 26.3 Å². The summed E-state index contributed by atoms with van der Waals surface area (Å²) in [4.78, 5) is 7.02. The van der Waals surface area contributed by atoms with E-state index in [4.69, 9.17) is 0 Å². The van der Waals surface area contributed by atoms with Gasteiger partial charge < -0.3 is 5.32 Å². The van der Waals surface area contributed by atoms with E-state index in [2.05, 4.69) is 20.4 Å². The molecule has 0 aromatic carbocycles. The van der Waals surface area contributed by atoms with Gasteiger partial charge in [0.15, 0.2) is 5.82 Å². The molecule has 0 spiro atoms. The molecule has 2 heterocycles. The molecule has 0 saturated carbocycles. The van der Waals surface area contributed by atoms with Gasteiger partial charge in [-0.2, -0.15) is 18.3 Å². The Hall–Kier alpha value is -2.12. The number of nitrogens with zero attached hydrogens (tertiary/aromatic N) is 4. The molecule has 0 amide bonds. The van der Waals surface area contributed by atoms with E-state index in [0.717, 1.165) is 0 Å². The van der Waals surface area contributed by atoms with E-state index in [1.165, 1.54) is 10.7 Å². The van der Waals surface area contributed by atoms with Crippen molar-refractivity contribution < 1.29 is 13.2 Å². The minimum absolute atomic E-state index is 0.0916. The van der Waals surface area contributed by atoms with Gasteiger partial charge in [0.2, 0.25) is 5.82 Å². The predicted octanol–water partition coefficient (Wildman–Crippen LogP) is 2.73. The molecule has 0 atom stereocenters. The lowest BCUT2D eigenvalue weighted by molar-refractivity contribution is -0.144. The van der Waals surface area contributed by atoms with Gasteiger partial charge in [-0.25, -0.2) is 14.6 Å². The molecule has 0 unspecified atom stereocenters. The third-order valence-electron chi connectivity index (χ3n) is 2.55. The van der Waals surface area contributed by atoms with E-state index >= 15 is 0 Å². The number of hydrogen-bond acceptors (Lipinski definition) is 4. The fourth-order valence-electron chi connectivity index (χ4n) is 1.80. The number of halogens is 3. The first kappa shape index (κ1) is 14.3. The number of aromatic nitrogens is 4. The molecule has 0 radical (unpaired) electrons. The molecule has 0 fully saturated rings. The number of aryl methyl sites for hydroxylation is 2. The third-order valence-corrected chi connectivity index (χ3v) is 2.55. The average molecular weight is 285 g/mol. The SMILES string of the molecule is CCNc1cc(-n2nc(C)cc2C)nc(C(F)(F)F)n1. The lowest BCUT2D eigenvalue weighted by Crippen LogP contribution is -2.16. The quantitative estimate of drug-likeness (QED) is 0.942. The summed E-state index contributed by atoms with van der Waals surface area (Å²) in [7, 11) is 0. The fourth-order valence-corrected chi connectivity index (χ4v) is 1.80. The van der Waals surface area contributed by atoms with Crippen LogP contribution in [0.1, 0.15) is 24.1 Å². The van der Waals surface area contributed by atoms with Crippen LogP contribution in [0.2, 0.25) is 0 Å². The summed E-state index contributed by atoms with van der Waals surface area (Å²) in [6, 6.07) is 3.21. The number of anilines is 1. The summed E-state index contributed by atoms with van der Waals surface area (Å²) in [6.07, 6.45) is -4.60. The van der Waals surface area contributed by atoms with Gasteiger partial charge in [-0.15, -0.1) is 0 Å². The van der Waals surface area contributed by atoms with E-state index < -0.39 is 12.0 Å². The molecule has 0 saturated heterocycles. The number of hydrogen-bond donors (Lipinski definition) is 1. The van der Waals surface area contributed by atoms with Crippen molar-refractivity contribution in [2.45, 2.75) is 26.9 Å². The Balaban J connectivity index is 2.57. The second kappa shape index (κ2) is 5.10. The van der Waals surface area contributed by atoms with E-state index in [1.54, 1.807) is 26.8 Å². The second-order valence-corrected chi connectivity index (χ2v) is 4.30. The normalized spacial score (nSPS) is 11.7. The highest BCUT2D eigenvalue weighted by atomic mass is 19.4. The molecule has 2 rings (SSSR count). The maximum absolute atomic E-state index is 12.8. The summed E-state index contributed by atoms with van der Waals surface area (Å²) in [5, 5.41) is 6.90. The maximum atomic E-state index is 12.8. The van der Waals surface area contributed by atoms with Crippen molar-refractivity contribution >= 4 is 5.82 Å². The van der Waals surface area contributed by atoms with Crippen molar-refractivity contribution in [3.05, 3.63) is 29.3 Å². The molecule has 0 bridgehead atoms. The number of rotatable bonds is 3. The molecular weight excluding hydrogens is 271 g/mol. The van der Waals surface area contributed by atoms with Crippen LogP contribution in [0, 0.1) is 13.8 Å². The van der Waals surface area contributed by atoms with Gasteiger partial charge in [0.25, 0.3) is 0 Å². The van der Waals surface area contributed by atoms with Crippen LogP contribution in [0.4, 0.5) is 19.0 Å². The minimum Gasteiger partial charge on any atom is -0.370 e. The largest absolute Gasteiger partial charge is 0.451 e. The standard InChI is InChI=1S/C12H14F3N5/c1-4-16-9-6-10(18-11(17-9)12(13,14)15)20-8(3)5-7(2)19-20/h5-6H,4H2,1-3H3,(H,16,17,18). The highest BCUT2D eigenvalue weighted by Gasteiger charge is 2.35. The zero-order valence-corrected chi connectivity index (χ0v) is 11.3. The van der Waals surface area contributed by atoms with Gasteiger partial charge in [0.1, 0.15) is 5.82 Å². The summed E-state index contributed by atoms with van der Waals surface area (Å²) in [5.41, 5.74) is 1.41. The Morgan fingerprint density at radius 2 is 1.90 bits per heavy atom. The highest BCUT2D eigenvalue weighted by Crippen LogP contribution is 2.28. The molecule has 8 heteroatoms. The number of nitrogens with one attached hydrogen (secondary N) is 1. The van der Waals surface area contributed by atoms with Crippen LogP contribution in [0.25, 0.3) is 5.82 Å². The van der Waals surface area contributed by atoms with Crippen LogP contribution >= 0.6 is 0 Å². The van der Waals surface area contributed by atoms with Gasteiger partial charge in [-0.1, -0.05) is 0 Å². The van der Waals surface area contributed by atoms with Crippen molar-refractivity contribution in [1.82, 2.24) is 19.7 Å². The van der Waals surface area contributed by atoms with Crippen LogP contribution in [0.5, 0.6) is 0 Å². The molecule has 2 aromatic rings. The van der Waals surface area contributed by atoms with E-state index in [1.807, 2.05) is 0 Å². The average Bonchev–Trinajstić information content (AvgIpc) is 2.67. The zero-order chi connectivity index (χ0) is 14.9. The summed E-state index contributed by atoms with van der Waals surface area (Å²) in [6.45, 7) is 5.76. The summed E-state index contributed by atoms with van der Waals surface area (Å²) in [5.74, 6) is -0.968. The molecule has 0 aliphatic heterocycles. The molecule has 2 aromatic heterocycles. The zero-order valence-electron chi connectivity index (χ0n) is 11.3. The number of alkyl halides is 3. The first-order chi connectivity index (χ1) is 9.31. The van der Waals surface area contributed by atoms with Crippen LogP contribution in [0.3, 0.4) is 0 Å². The molecule has 5 nitrogen and oxygen atoms in total. The Labute approximate surface area is 113 Å². The van der Waals surface area contributed by atoms with Crippen LogP contribution in [0.15, 0.2) is 12.1 Å². The second-order valence-electron chi connectivity index (χ2n) is 4.30. The van der Waals surface area contributed by atoms with Gasteiger partial charge >= 0.3 is 6.18 Å². The Kier molecular flexibility index (Phi) is 3.65. The first-order valence-corrected chi connectivity index (χ1v) is 6.05. The van der Waals surface area contributed by atoms with Crippen molar-refractivity contribution in [3.8, 4) is 5.82 Å². The van der Waals surface area contributed by atoms with Crippen LogP contribution in [-0.2, 0) is 6.18 Å². The highest BCUT2D eigenvalue weighted by molar-refractivity contribution is 5.42. The van der Waals surface area contributed by atoms with E-state index in [0.29, 0.717) is 17.9 Å². The third kappa shape index (κ3) is 2.89. The van der Waals surface area contributed by atoms with Crippen LogP contribution < -0.4 is 5.32 Å². The molecule has 1 N–H and O–H groups in total. The summed E-state index contributed by atoms with van der Waals surface area (Å²) < 4.78 is 39.8. The molecule has 0 aliphatic carbocycles. The van der Waals surface area contributed by atoms with Crippen molar-refractivity contribution in [1.29, 1.82) is 0 Å². The smallest absolute Gasteiger partial charge is 0.370 e. The maximum Gasteiger partial charge on any atom is 0.451 e. The van der Waals surface area contributed by atoms with E-state index in [-0.39, 0.29) is 11.6 Å². The lowest BCUT2D eigenvalue weighted by Gasteiger charge is -2.11. The molecule has 0 aliphatic rings. The Morgan fingerprint density at radius 1 is 1.20 bits per heavy atom. The molecule has 108 valence electrons. The van der Waals surface area contributed by atoms with Gasteiger partial charge in [0, 0.05) is 18.3 Å². The van der Waals surface area contributed by atoms with Gasteiger partial charge in [0.05, 0.1) is 5.69 Å². The molecular formula is C12H14F3N5. The van der Waals surface area contributed by atoms with Gasteiger partial charge in [-0.3, -0.25) is 0 Å². The van der Waals surface area contributed by atoms with Crippen molar-refractivity contribution in [2.24, 2.45) is 0 Å². The van der Waals surface area contributed by atoms with Crippen molar-refractivity contribution in [2.75, 3.05) is 11.9 Å². The summed E-state index contributed by atoms with van der Waals surface area (Å²) >= 11 is 0. The van der Waals surface area contributed by atoms with Gasteiger partial charge in [-0.05, 0) is 26.8 Å². The van der Waals surface area contributed by atoms with Crippen molar-refractivity contribution in [3.63, 3.8) is 0 Å².